The number of carbonyl (C=O) groups excluding carboxylic acids is 1. The van der Waals surface area contributed by atoms with Crippen LogP contribution in [0.25, 0.3) is 11.0 Å². The highest BCUT2D eigenvalue weighted by atomic mass is 32.2. The van der Waals surface area contributed by atoms with Crippen molar-refractivity contribution in [1.82, 2.24) is 19.6 Å². The quantitative estimate of drug-likeness (QED) is 0.0642. The molecule has 0 unspecified atom stereocenters. The van der Waals surface area contributed by atoms with Gasteiger partial charge in [-0.25, -0.2) is 18.1 Å². The molecule has 400 valence electrons. The molecule has 2 aromatic heterocycles. The fraction of sp³-hybridized carbons (Fsp3) is 0.544. The lowest BCUT2D eigenvalue weighted by molar-refractivity contribution is -0.384. The number of H-pyrrole nitrogens is 1. The van der Waals surface area contributed by atoms with Crippen LogP contribution >= 0.6 is 0 Å². The number of aliphatic hydroxyl groups is 1. The molecule has 17 nitrogen and oxygen atoms in total. The second kappa shape index (κ2) is 20.3. The molecule has 18 heteroatoms. The van der Waals surface area contributed by atoms with E-state index in [1.165, 1.54) is 23.3 Å². The summed E-state index contributed by atoms with van der Waals surface area (Å²) < 4.78 is 43.3. The molecule has 0 radical (unpaired) electrons. The molecule has 3 saturated heterocycles. The number of fused-ring (bicyclic) bond motifs is 3. The van der Waals surface area contributed by atoms with E-state index in [4.69, 9.17) is 14.5 Å². The number of nitro groups is 1. The number of hydrogen-bond acceptors (Lipinski definition) is 14. The number of anilines is 5. The second-order valence-corrected chi connectivity index (χ2v) is 24.9. The molecule has 0 bridgehead atoms. The number of amides is 1. The summed E-state index contributed by atoms with van der Waals surface area (Å²) in [4.78, 5) is 44.5. The third kappa shape index (κ3) is 9.97. The van der Waals surface area contributed by atoms with E-state index < -0.39 is 37.0 Å². The van der Waals surface area contributed by atoms with Gasteiger partial charge in [0.25, 0.3) is 21.6 Å². The van der Waals surface area contributed by atoms with E-state index >= 15 is 0 Å². The van der Waals surface area contributed by atoms with Crippen LogP contribution in [0, 0.1) is 21.4 Å². The van der Waals surface area contributed by atoms with Crippen LogP contribution in [-0.4, -0.2) is 122 Å². The Morgan fingerprint density at radius 2 is 1.67 bits per heavy atom. The minimum Gasteiger partial charge on any atom is -0.390 e. The number of ether oxygens (including phenoxy) is 2. The number of piperidine rings is 1. The molecule has 3 aromatic carbocycles. The topological polar surface area (TPSA) is 199 Å². The van der Waals surface area contributed by atoms with Crippen molar-refractivity contribution in [3.05, 3.63) is 106 Å². The molecule has 75 heavy (non-hydrogen) atoms. The van der Waals surface area contributed by atoms with Gasteiger partial charge in [0.2, 0.25) is 0 Å². The number of aromatic nitrogens is 2. The van der Waals surface area contributed by atoms with Gasteiger partial charge < -0.3 is 39.6 Å². The number of rotatable bonds is 13. The Hall–Kier alpha value is -5.79. The zero-order chi connectivity index (χ0) is 52.4. The van der Waals surface area contributed by atoms with E-state index in [0.29, 0.717) is 63.3 Å². The monoisotopic (exact) mass is 1040 g/mol. The number of sulfonamides is 1. The Kier molecular flexibility index (Phi) is 13.9. The Labute approximate surface area is 440 Å². The summed E-state index contributed by atoms with van der Waals surface area (Å²) in [6.07, 6.45) is 9.68. The smallest absolute Gasteiger partial charge is 0.293 e. The zero-order valence-electron chi connectivity index (χ0n) is 44.0. The van der Waals surface area contributed by atoms with Crippen LogP contribution < -0.4 is 24.7 Å². The molecule has 2 aliphatic carbocycles. The Balaban J connectivity index is 0.889. The van der Waals surface area contributed by atoms with Gasteiger partial charge in [-0.1, -0.05) is 38.1 Å². The molecule has 6 heterocycles. The number of morpholine rings is 1. The van der Waals surface area contributed by atoms with Gasteiger partial charge in [0.15, 0.2) is 5.82 Å². The molecular weight excluding hydrogens is 971 g/mol. The highest BCUT2D eigenvalue weighted by molar-refractivity contribution is 7.90. The highest BCUT2D eigenvalue weighted by Crippen LogP contribution is 2.54. The Morgan fingerprint density at radius 1 is 0.907 bits per heavy atom. The number of hydrogen-bond donors (Lipinski definition) is 4. The molecule has 11 rings (SSSR count). The van der Waals surface area contributed by atoms with Gasteiger partial charge in [-0.2, -0.15) is 0 Å². The molecular formula is C57H73N9O8S. The molecule has 6 aliphatic rings. The number of benzene rings is 3. The molecule has 5 aromatic rings. The van der Waals surface area contributed by atoms with Crippen LogP contribution in [-0.2, 0) is 19.5 Å². The number of pyridine rings is 1. The first kappa shape index (κ1) is 51.3. The largest absolute Gasteiger partial charge is 0.390 e. The van der Waals surface area contributed by atoms with Crippen LogP contribution in [0.1, 0.15) is 126 Å². The van der Waals surface area contributed by atoms with Gasteiger partial charge in [0.05, 0.1) is 70.3 Å². The van der Waals surface area contributed by atoms with E-state index in [0.717, 1.165) is 99.1 Å². The lowest BCUT2D eigenvalue weighted by atomic mass is 9.59. The molecule has 4 aliphatic heterocycles. The number of nitro benzene ring substituents is 1. The van der Waals surface area contributed by atoms with Crippen molar-refractivity contribution in [2.24, 2.45) is 11.3 Å². The van der Waals surface area contributed by atoms with Crippen LogP contribution in [0.3, 0.4) is 0 Å². The van der Waals surface area contributed by atoms with Crippen molar-refractivity contribution in [1.29, 1.82) is 0 Å². The number of carbonyl (C=O) groups is 1. The van der Waals surface area contributed by atoms with E-state index in [1.807, 2.05) is 25.3 Å². The Bertz CT molecular complexity index is 3040. The number of aromatic amines is 1. The maximum absolute atomic E-state index is 14.9. The molecule has 4 N–H and O–H groups in total. The molecule has 1 spiro atoms. The fourth-order valence-corrected chi connectivity index (χ4v) is 14.4. The van der Waals surface area contributed by atoms with E-state index in [-0.39, 0.29) is 46.8 Å². The normalized spacial score (nSPS) is 25.3. The van der Waals surface area contributed by atoms with E-state index in [2.05, 4.69) is 98.7 Å². The first-order chi connectivity index (χ1) is 36.0. The minimum atomic E-state index is -4.62. The van der Waals surface area contributed by atoms with Crippen molar-refractivity contribution >= 4 is 61.2 Å². The zero-order valence-corrected chi connectivity index (χ0v) is 44.8. The number of nitrogens with zero attached hydrogens (tertiary/aromatic N) is 6. The SMILES string of the molecule is CC(C)c1ccccc1[C@@H]1COCCN1C1CC2(CCN(c3ccc(C(=O)NS(=O)(=O)c4ccc(NC[C@H]5CC[C@](C)(O)CC5)c([N+](=O)[O-])c4)c(N4c5cc6cc[nH]c6nc5N(C(C)C)[C@H]5COCC[C@@H]54)c3)CC2)C1. The van der Waals surface area contributed by atoms with E-state index in [1.54, 1.807) is 6.07 Å². The maximum Gasteiger partial charge on any atom is 0.293 e. The maximum atomic E-state index is 14.9. The van der Waals surface area contributed by atoms with Crippen LogP contribution in [0.5, 0.6) is 0 Å². The number of nitrogens with one attached hydrogen (secondary N) is 3. The van der Waals surface area contributed by atoms with Gasteiger partial charge >= 0.3 is 0 Å². The van der Waals surface area contributed by atoms with Gasteiger partial charge in [0.1, 0.15) is 11.3 Å². The van der Waals surface area contributed by atoms with Crippen molar-refractivity contribution in [2.45, 2.75) is 139 Å². The van der Waals surface area contributed by atoms with E-state index in [9.17, 15) is 28.4 Å². The highest BCUT2D eigenvalue weighted by Gasteiger charge is 2.50. The van der Waals surface area contributed by atoms with Crippen molar-refractivity contribution in [3.63, 3.8) is 0 Å². The van der Waals surface area contributed by atoms with Gasteiger partial charge in [-0.3, -0.25) is 19.8 Å². The lowest BCUT2D eigenvalue weighted by Gasteiger charge is -2.57. The Morgan fingerprint density at radius 3 is 2.41 bits per heavy atom. The third-order valence-corrected chi connectivity index (χ3v) is 19.0. The van der Waals surface area contributed by atoms with Crippen molar-refractivity contribution in [2.75, 3.05) is 72.6 Å². The van der Waals surface area contributed by atoms with Crippen LogP contribution in [0.15, 0.2) is 83.9 Å². The van der Waals surface area contributed by atoms with Crippen molar-refractivity contribution < 1.29 is 32.7 Å². The summed E-state index contributed by atoms with van der Waals surface area (Å²) >= 11 is 0. The molecule has 2 saturated carbocycles. The van der Waals surface area contributed by atoms with Gasteiger partial charge in [-0.15, -0.1) is 0 Å². The molecule has 3 atom stereocenters. The van der Waals surface area contributed by atoms with Gasteiger partial charge in [0, 0.05) is 68.2 Å². The average Bonchev–Trinajstić information content (AvgIpc) is 3.85. The second-order valence-electron chi connectivity index (χ2n) is 23.2. The fourth-order valence-electron chi connectivity index (χ4n) is 13.4. The average molecular weight is 1040 g/mol. The summed E-state index contributed by atoms with van der Waals surface area (Å²) in [5.41, 5.74) is 5.27. The van der Waals surface area contributed by atoms with Crippen LogP contribution in [0.2, 0.25) is 0 Å². The molecule has 1 amide bonds. The first-order valence-corrected chi connectivity index (χ1v) is 28.7. The summed E-state index contributed by atoms with van der Waals surface area (Å²) in [5, 5.41) is 26.9. The summed E-state index contributed by atoms with van der Waals surface area (Å²) in [6, 6.07) is 22.8. The minimum absolute atomic E-state index is 0.0616. The van der Waals surface area contributed by atoms with Crippen molar-refractivity contribution in [3.8, 4) is 0 Å². The summed E-state index contributed by atoms with van der Waals surface area (Å²) in [7, 11) is -4.62. The third-order valence-electron chi connectivity index (χ3n) is 17.6. The van der Waals surface area contributed by atoms with Gasteiger partial charge in [-0.05, 0) is 149 Å². The predicted molar refractivity (Wildman–Crippen MR) is 292 cm³/mol. The standard InChI is InChI=1S/C57H73N9O8S/c1-36(2)43-8-6-7-9-44(43)51-34-74-27-25-63(51)41-31-57(32-41)20-23-62(24-21-57)40-10-12-45(48(29-40)65-47-17-26-73-35-52(47)64(37(3)4)54-50(65)28-39-16-22-58-53(39)60-54)55(67)61-75(71,72)42-11-13-46(49(30-42)66(69)70)59-33-38-14-18-56(5,68)19-15-38/h6-13,16,22,28-30,36-38,41,47,51-52,59,68H,14-15,17-21,23-27,31-35H2,1-5H3,(H,58,60)(H,61,67)/t38-,47-,51-,52-,56-/m0/s1. The lowest BCUT2D eigenvalue weighted by Crippen LogP contribution is -2.61. The molecule has 5 fully saturated rings. The predicted octanol–water partition coefficient (Wildman–Crippen LogP) is 9.41. The summed E-state index contributed by atoms with van der Waals surface area (Å²) in [5.74, 6) is 0.517. The van der Waals surface area contributed by atoms with Crippen LogP contribution in [0.4, 0.5) is 34.3 Å². The summed E-state index contributed by atoms with van der Waals surface area (Å²) in [6.45, 7) is 16.1. The first-order valence-electron chi connectivity index (χ1n) is 27.2.